The van der Waals surface area contributed by atoms with Gasteiger partial charge in [-0.3, -0.25) is 9.48 Å². The standard InChI is InChI=1S/C25H24N4O/c1-4-15-29(17-19-11-7-5-8-12-19)25(30)21-16-22(20-13-9-6-10-14-20)26-24-23(21)18(2)27-28(24)3/h4-14,16H,1,15,17H2,2-3H3. The van der Waals surface area contributed by atoms with E-state index in [1.54, 1.807) is 15.7 Å². The lowest BCUT2D eigenvalue weighted by atomic mass is 10.0. The third-order valence-electron chi connectivity index (χ3n) is 5.12. The SMILES string of the molecule is C=CCN(Cc1ccccc1)C(=O)c1cc(-c2ccccc2)nc2c1c(C)nn2C. The Hall–Kier alpha value is -3.73. The quantitative estimate of drug-likeness (QED) is 0.441. The van der Waals surface area contributed by atoms with Crippen molar-refractivity contribution in [2.24, 2.45) is 7.05 Å². The van der Waals surface area contributed by atoms with Crippen LogP contribution in [-0.4, -0.2) is 32.1 Å². The molecule has 2 heterocycles. The summed E-state index contributed by atoms with van der Waals surface area (Å²) in [5.74, 6) is -0.0561. The molecule has 1 amide bonds. The molecule has 4 rings (SSSR count). The molecule has 0 bridgehead atoms. The molecule has 4 aromatic rings. The summed E-state index contributed by atoms with van der Waals surface area (Å²) in [6.07, 6.45) is 1.76. The van der Waals surface area contributed by atoms with Crippen molar-refractivity contribution in [3.63, 3.8) is 0 Å². The van der Waals surface area contributed by atoms with E-state index in [1.807, 2.05) is 80.7 Å². The Kier molecular flexibility index (Phi) is 5.44. The Morgan fingerprint density at radius 1 is 1.10 bits per heavy atom. The number of pyridine rings is 1. The summed E-state index contributed by atoms with van der Waals surface area (Å²) in [7, 11) is 1.86. The summed E-state index contributed by atoms with van der Waals surface area (Å²) in [4.78, 5) is 20.3. The van der Waals surface area contributed by atoms with Crippen molar-refractivity contribution >= 4 is 16.9 Å². The highest BCUT2D eigenvalue weighted by Gasteiger charge is 2.23. The van der Waals surface area contributed by atoms with Gasteiger partial charge >= 0.3 is 0 Å². The van der Waals surface area contributed by atoms with Crippen LogP contribution in [-0.2, 0) is 13.6 Å². The molecular formula is C25H24N4O. The first kappa shape index (κ1) is 19.6. The lowest BCUT2D eigenvalue weighted by Crippen LogP contribution is -2.31. The molecule has 0 radical (unpaired) electrons. The number of aryl methyl sites for hydroxylation is 2. The van der Waals surface area contributed by atoms with Gasteiger partial charge in [-0.2, -0.15) is 5.10 Å². The van der Waals surface area contributed by atoms with Gasteiger partial charge in [0.15, 0.2) is 5.65 Å². The van der Waals surface area contributed by atoms with Crippen LogP contribution in [0.25, 0.3) is 22.3 Å². The number of benzene rings is 2. The maximum atomic E-state index is 13.7. The van der Waals surface area contributed by atoms with E-state index in [9.17, 15) is 4.79 Å². The van der Waals surface area contributed by atoms with Gasteiger partial charge in [-0.25, -0.2) is 4.98 Å². The number of rotatable bonds is 6. The first-order chi connectivity index (χ1) is 14.6. The van der Waals surface area contributed by atoms with Crippen LogP contribution in [0, 0.1) is 6.92 Å². The van der Waals surface area contributed by atoms with Crippen LogP contribution < -0.4 is 0 Å². The fraction of sp³-hybridized carbons (Fsp3) is 0.160. The molecule has 0 saturated heterocycles. The van der Waals surface area contributed by atoms with Gasteiger partial charge in [0.05, 0.1) is 22.3 Å². The summed E-state index contributed by atoms with van der Waals surface area (Å²) in [5, 5.41) is 5.32. The van der Waals surface area contributed by atoms with Crippen molar-refractivity contribution in [3.05, 3.63) is 96.2 Å². The number of hydrogen-bond donors (Lipinski definition) is 0. The zero-order valence-electron chi connectivity index (χ0n) is 17.2. The monoisotopic (exact) mass is 396 g/mol. The molecule has 2 aromatic heterocycles. The number of carbonyl (C=O) groups excluding carboxylic acids is 1. The minimum absolute atomic E-state index is 0.0561. The van der Waals surface area contributed by atoms with Gasteiger partial charge in [-0.15, -0.1) is 6.58 Å². The number of hydrogen-bond acceptors (Lipinski definition) is 3. The first-order valence-electron chi connectivity index (χ1n) is 9.92. The Labute approximate surface area is 176 Å². The number of amides is 1. The van der Waals surface area contributed by atoms with Crippen molar-refractivity contribution in [2.45, 2.75) is 13.5 Å². The van der Waals surface area contributed by atoms with Gasteiger partial charge in [0.2, 0.25) is 0 Å². The molecular weight excluding hydrogens is 372 g/mol. The summed E-state index contributed by atoms with van der Waals surface area (Å²) in [6.45, 7) is 6.72. The molecule has 2 aromatic carbocycles. The largest absolute Gasteiger partial charge is 0.331 e. The van der Waals surface area contributed by atoms with E-state index in [4.69, 9.17) is 4.98 Å². The van der Waals surface area contributed by atoms with Crippen LogP contribution >= 0.6 is 0 Å². The van der Waals surface area contributed by atoms with Gasteiger partial charge in [0.25, 0.3) is 5.91 Å². The maximum absolute atomic E-state index is 13.7. The molecule has 0 aliphatic heterocycles. The van der Waals surface area contributed by atoms with Crippen molar-refractivity contribution < 1.29 is 4.79 Å². The molecule has 0 unspecified atom stereocenters. The number of carbonyl (C=O) groups is 1. The molecule has 5 heteroatoms. The van der Waals surface area contributed by atoms with Crippen molar-refractivity contribution in [2.75, 3.05) is 6.54 Å². The molecule has 0 fully saturated rings. The Bertz CT molecular complexity index is 1200. The zero-order valence-corrected chi connectivity index (χ0v) is 17.2. The lowest BCUT2D eigenvalue weighted by Gasteiger charge is -2.22. The Balaban J connectivity index is 1.84. The van der Waals surface area contributed by atoms with Gasteiger partial charge in [-0.05, 0) is 18.6 Å². The van der Waals surface area contributed by atoms with Crippen molar-refractivity contribution in [1.82, 2.24) is 19.7 Å². The topological polar surface area (TPSA) is 51.0 Å². The summed E-state index contributed by atoms with van der Waals surface area (Å²) < 4.78 is 1.74. The molecule has 0 atom stereocenters. The van der Waals surface area contributed by atoms with Crippen LogP contribution in [0.5, 0.6) is 0 Å². The number of aromatic nitrogens is 3. The smallest absolute Gasteiger partial charge is 0.255 e. The zero-order chi connectivity index (χ0) is 21.1. The summed E-state index contributed by atoms with van der Waals surface area (Å²) >= 11 is 0. The third kappa shape index (κ3) is 3.74. The fourth-order valence-electron chi connectivity index (χ4n) is 3.72. The molecule has 0 aliphatic carbocycles. The normalized spacial score (nSPS) is 10.9. The van der Waals surface area contributed by atoms with Gasteiger partial charge in [0.1, 0.15) is 0 Å². The van der Waals surface area contributed by atoms with Crippen LogP contribution in [0.1, 0.15) is 21.6 Å². The van der Waals surface area contributed by atoms with E-state index < -0.39 is 0 Å². The van der Waals surface area contributed by atoms with Gasteiger partial charge in [0, 0.05) is 25.7 Å². The summed E-state index contributed by atoms with van der Waals surface area (Å²) in [6, 6.07) is 21.8. The molecule has 0 N–H and O–H groups in total. The van der Waals surface area contributed by atoms with Crippen LogP contribution in [0.3, 0.4) is 0 Å². The predicted octanol–water partition coefficient (Wildman–Crippen LogP) is 4.77. The van der Waals surface area contributed by atoms with E-state index in [-0.39, 0.29) is 5.91 Å². The fourth-order valence-corrected chi connectivity index (χ4v) is 3.72. The van der Waals surface area contributed by atoms with E-state index in [0.29, 0.717) is 24.3 Å². The van der Waals surface area contributed by atoms with E-state index in [1.165, 1.54) is 0 Å². The average molecular weight is 396 g/mol. The van der Waals surface area contributed by atoms with Gasteiger partial charge in [-0.1, -0.05) is 66.7 Å². The van der Waals surface area contributed by atoms with Crippen molar-refractivity contribution in [3.8, 4) is 11.3 Å². The van der Waals surface area contributed by atoms with E-state index >= 15 is 0 Å². The highest BCUT2D eigenvalue weighted by Crippen LogP contribution is 2.28. The minimum Gasteiger partial charge on any atom is -0.331 e. The van der Waals surface area contributed by atoms with Gasteiger partial charge < -0.3 is 4.90 Å². The highest BCUT2D eigenvalue weighted by molar-refractivity contribution is 6.07. The molecule has 0 spiro atoms. The molecule has 30 heavy (non-hydrogen) atoms. The first-order valence-corrected chi connectivity index (χ1v) is 9.92. The second kappa shape index (κ2) is 8.33. The van der Waals surface area contributed by atoms with Crippen LogP contribution in [0.2, 0.25) is 0 Å². The summed E-state index contributed by atoms with van der Waals surface area (Å²) in [5.41, 5.74) is 4.90. The highest BCUT2D eigenvalue weighted by atomic mass is 16.2. The van der Waals surface area contributed by atoms with Crippen LogP contribution in [0.15, 0.2) is 79.4 Å². The molecule has 150 valence electrons. The third-order valence-corrected chi connectivity index (χ3v) is 5.12. The van der Waals surface area contributed by atoms with Crippen molar-refractivity contribution in [1.29, 1.82) is 0 Å². The Morgan fingerprint density at radius 3 is 2.43 bits per heavy atom. The van der Waals surface area contributed by atoms with E-state index in [2.05, 4.69) is 11.7 Å². The minimum atomic E-state index is -0.0561. The lowest BCUT2D eigenvalue weighted by molar-refractivity contribution is 0.0764. The van der Waals surface area contributed by atoms with Crippen LogP contribution in [0.4, 0.5) is 0 Å². The predicted molar refractivity (Wildman–Crippen MR) is 120 cm³/mol. The maximum Gasteiger partial charge on any atom is 0.255 e. The Morgan fingerprint density at radius 2 is 1.77 bits per heavy atom. The van der Waals surface area contributed by atoms with E-state index in [0.717, 1.165) is 27.9 Å². The number of fused-ring (bicyclic) bond motifs is 1. The second-order valence-corrected chi connectivity index (χ2v) is 7.29. The molecule has 0 aliphatic rings. The molecule has 5 nitrogen and oxygen atoms in total. The second-order valence-electron chi connectivity index (χ2n) is 7.29. The average Bonchev–Trinajstić information content (AvgIpc) is 3.07. The molecule has 0 saturated carbocycles. The number of nitrogens with zero attached hydrogens (tertiary/aromatic N) is 4.